The molecule has 0 atom stereocenters. The molecule has 0 aliphatic rings. The molecule has 3 rings (SSSR count). The van der Waals surface area contributed by atoms with Gasteiger partial charge in [-0.3, -0.25) is 14.4 Å². The zero-order valence-electron chi connectivity index (χ0n) is 15.7. The molecular weight excluding hydrogens is 388 g/mol. The van der Waals surface area contributed by atoms with Crippen molar-refractivity contribution in [2.75, 3.05) is 7.05 Å². The third-order valence-corrected chi connectivity index (χ3v) is 4.64. The summed E-state index contributed by atoms with van der Waals surface area (Å²) in [6, 6.07) is 20.2. The highest BCUT2D eigenvalue weighted by atomic mass is 35.5. The molecule has 5 nitrogen and oxygen atoms in total. The number of carbonyl (C=O) groups excluding carboxylic acids is 3. The van der Waals surface area contributed by atoms with Crippen molar-refractivity contribution >= 4 is 29.2 Å². The van der Waals surface area contributed by atoms with Gasteiger partial charge in [0, 0.05) is 35.3 Å². The monoisotopic (exact) mass is 406 g/mol. The molecule has 0 bridgehead atoms. The van der Waals surface area contributed by atoms with Crippen LogP contribution >= 0.6 is 11.6 Å². The van der Waals surface area contributed by atoms with Crippen LogP contribution < -0.4 is 10.6 Å². The van der Waals surface area contributed by atoms with E-state index in [0.717, 1.165) is 5.56 Å². The molecule has 0 aliphatic heterocycles. The predicted molar refractivity (Wildman–Crippen MR) is 112 cm³/mol. The third-order valence-electron chi connectivity index (χ3n) is 4.39. The summed E-state index contributed by atoms with van der Waals surface area (Å²) in [6.07, 6.45) is 0. The Balaban J connectivity index is 1.78. The Hall–Kier alpha value is -3.44. The van der Waals surface area contributed by atoms with Gasteiger partial charge in [-0.2, -0.15) is 0 Å². The summed E-state index contributed by atoms with van der Waals surface area (Å²) in [4.78, 5) is 37.3. The SMILES string of the molecule is CNC(=O)c1cccc(CNC(=O)c2ccccc2C(=O)c2ccc(Cl)cc2)c1. The summed E-state index contributed by atoms with van der Waals surface area (Å²) in [7, 11) is 1.56. The average molecular weight is 407 g/mol. The molecule has 3 aromatic carbocycles. The van der Waals surface area contributed by atoms with Crippen molar-refractivity contribution in [3.63, 3.8) is 0 Å². The van der Waals surface area contributed by atoms with Crippen LogP contribution in [0.4, 0.5) is 0 Å². The molecule has 0 saturated heterocycles. The zero-order chi connectivity index (χ0) is 20.8. The Morgan fingerprint density at radius 1 is 0.793 bits per heavy atom. The quantitative estimate of drug-likeness (QED) is 0.610. The second kappa shape index (κ2) is 9.17. The van der Waals surface area contributed by atoms with E-state index in [2.05, 4.69) is 10.6 Å². The van der Waals surface area contributed by atoms with Crippen LogP contribution in [0, 0.1) is 0 Å². The number of hydrogen-bond acceptors (Lipinski definition) is 3. The van der Waals surface area contributed by atoms with Crippen LogP contribution in [0.3, 0.4) is 0 Å². The van der Waals surface area contributed by atoms with Crippen molar-refractivity contribution in [3.05, 3.63) is 106 Å². The van der Waals surface area contributed by atoms with Crippen LogP contribution in [-0.2, 0) is 6.54 Å². The van der Waals surface area contributed by atoms with Crippen molar-refractivity contribution < 1.29 is 14.4 Å². The minimum Gasteiger partial charge on any atom is -0.355 e. The minimum absolute atomic E-state index is 0.197. The second-order valence-corrected chi connectivity index (χ2v) is 6.78. The van der Waals surface area contributed by atoms with Gasteiger partial charge in [-0.15, -0.1) is 0 Å². The number of benzene rings is 3. The van der Waals surface area contributed by atoms with Gasteiger partial charge in [0.15, 0.2) is 5.78 Å². The van der Waals surface area contributed by atoms with Crippen LogP contribution in [0.5, 0.6) is 0 Å². The van der Waals surface area contributed by atoms with Gasteiger partial charge in [-0.25, -0.2) is 0 Å². The van der Waals surface area contributed by atoms with E-state index in [9.17, 15) is 14.4 Å². The van der Waals surface area contributed by atoms with Crippen molar-refractivity contribution in [1.82, 2.24) is 10.6 Å². The second-order valence-electron chi connectivity index (χ2n) is 6.34. The Labute approximate surface area is 173 Å². The first-order chi connectivity index (χ1) is 14.0. The van der Waals surface area contributed by atoms with Gasteiger partial charge >= 0.3 is 0 Å². The van der Waals surface area contributed by atoms with E-state index in [0.29, 0.717) is 21.7 Å². The van der Waals surface area contributed by atoms with Crippen molar-refractivity contribution in [1.29, 1.82) is 0 Å². The van der Waals surface area contributed by atoms with E-state index in [1.807, 2.05) is 6.07 Å². The van der Waals surface area contributed by atoms with Gasteiger partial charge in [0.1, 0.15) is 0 Å². The lowest BCUT2D eigenvalue weighted by Gasteiger charge is -2.10. The van der Waals surface area contributed by atoms with Crippen LogP contribution in [-0.4, -0.2) is 24.6 Å². The van der Waals surface area contributed by atoms with E-state index in [4.69, 9.17) is 11.6 Å². The van der Waals surface area contributed by atoms with Gasteiger partial charge < -0.3 is 10.6 Å². The Bertz CT molecular complexity index is 1060. The van der Waals surface area contributed by atoms with E-state index in [1.54, 1.807) is 73.8 Å². The summed E-state index contributed by atoms with van der Waals surface area (Å²) in [5, 5.41) is 5.91. The highest BCUT2D eigenvalue weighted by molar-refractivity contribution is 6.30. The maximum atomic E-state index is 12.8. The van der Waals surface area contributed by atoms with Crippen LogP contribution in [0.2, 0.25) is 5.02 Å². The third kappa shape index (κ3) is 4.89. The maximum absolute atomic E-state index is 12.8. The van der Waals surface area contributed by atoms with Crippen molar-refractivity contribution in [3.8, 4) is 0 Å². The number of nitrogens with one attached hydrogen (secondary N) is 2. The summed E-state index contributed by atoms with van der Waals surface area (Å²) in [5.74, 6) is -0.820. The normalized spacial score (nSPS) is 10.3. The topological polar surface area (TPSA) is 75.3 Å². The Kier molecular flexibility index (Phi) is 6.42. The smallest absolute Gasteiger partial charge is 0.252 e. The van der Waals surface area contributed by atoms with E-state index < -0.39 is 0 Å². The van der Waals surface area contributed by atoms with Crippen LogP contribution in [0.25, 0.3) is 0 Å². The summed E-state index contributed by atoms with van der Waals surface area (Å²) in [5.41, 5.74) is 2.34. The molecule has 0 fully saturated rings. The molecule has 0 spiro atoms. The number of ketones is 1. The molecule has 0 heterocycles. The number of carbonyl (C=O) groups is 3. The molecule has 0 saturated carbocycles. The Morgan fingerprint density at radius 2 is 1.48 bits per heavy atom. The molecule has 6 heteroatoms. The van der Waals surface area contributed by atoms with Crippen LogP contribution in [0.15, 0.2) is 72.8 Å². The lowest BCUT2D eigenvalue weighted by Crippen LogP contribution is -2.25. The zero-order valence-corrected chi connectivity index (χ0v) is 16.5. The molecule has 0 radical (unpaired) electrons. The molecule has 0 aromatic heterocycles. The van der Waals surface area contributed by atoms with Crippen molar-refractivity contribution in [2.24, 2.45) is 0 Å². The Morgan fingerprint density at radius 3 is 2.17 bits per heavy atom. The molecular formula is C23H19ClN2O3. The number of rotatable bonds is 6. The van der Waals surface area contributed by atoms with E-state index >= 15 is 0 Å². The lowest BCUT2D eigenvalue weighted by molar-refractivity contribution is 0.0939. The maximum Gasteiger partial charge on any atom is 0.252 e. The largest absolute Gasteiger partial charge is 0.355 e. The van der Waals surface area contributed by atoms with E-state index in [-0.39, 0.29) is 29.7 Å². The molecule has 2 N–H and O–H groups in total. The van der Waals surface area contributed by atoms with Crippen molar-refractivity contribution in [2.45, 2.75) is 6.54 Å². The predicted octanol–water partition coefficient (Wildman–Crippen LogP) is 3.86. The highest BCUT2D eigenvalue weighted by Gasteiger charge is 2.18. The van der Waals surface area contributed by atoms with Gasteiger partial charge in [0.2, 0.25) is 0 Å². The minimum atomic E-state index is -0.367. The first-order valence-corrected chi connectivity index (χ1v) is 9.36. The molecule has 0 aliphatic carbocycles. The summed E-state index contributed by atoms with van der Waals surface area (Å²) < 4.78 is 0. The molecule has 3 aromatic rings. The van der Waals surface area contributed by atoms with Crippen LogP contribution in [0.1, 0.15) is 42.2 Å². The number of hydrogen-bond donors (Lipinski definition) is 2. The summed E-state index contributed by atoms with van der Waals surface area (Å²) >= 11 is 5.88. The fraction of sp³-hybridized carbons (Fsp3) is 0.0870. The number of halogens is 1. The molecule has 146 valence electrons. The molecule has 29 heavy (non-hydrogen) atoms. The summed E-state index contributed by atoms with van der Waals surface area (Å²) in [6.45, 7) is 0.229. The number of amides is 2. The van der Waals surface area contributed by atoms with E-state index in [1.165, 1.54) is 0 Å². The van der Waals surface area contributed by atoms with Gasteiger partial charge in [0.25, 0.3) is 11.8 Å². The molecule has 0 unspecified atom stereocenters. The van der Waals surface area contributed by atoms with Gasteiger partial charge in [0.05, 0.1) is 5.56 Å². The fourth-order valence-electron chi connectivity index (χ4n) is 2.88. The average Bonchev–Trinajstić information content (AvgIpc) is 2.77. The molecule has 2 amide bonds. The highest BCUT2D eigenvalue weighted by Crippen LogP contribution is 2.17. The van der Waals surface area contributed by atoms with Gasteiger partial charge in [-0.1, -0.05) is 41.9 Å². The first-order valence-electron chi connectivity index (χ1n) is 8.98. The lowest BCUT2D eigenvalue weighted by atomic mass is 9.98. The fourth-order valence-corrected chi connectivity index (χ4v) is 3.01. The first kappa shape index (κ1) is 20.3. The standard InChI is InChI=1S/C23H19ClN2O3/c1-25-22(28)17-6-4-5-15(13-17)14-26-23(29)20-8-3-2-7-19(20)21(27)16-9-11-18(24)12-10-16/h2-13H,14H2,1H3,(H,25,28)(H,26,29). The van der Waals surface area contributed by atoms with Gasteiger partial charge in [-0.05, 0) is 48.0 Å².